The van der Waals surface area contributed by atoms with Crippen molar-refractivity contribution >= 4 is 29.9 Å². The molecule has 0 amide bonds. The highest BCUT2D eigenvalue weighted by molar-refractivity contribution is 14.0. The summed E-state index contributed by atoms with van der Waals surface area (Å²) >= 11 is 0. The molecule has 5 nitrogen and oxygen atoms in total. The topological polar surface area (TPSA) is 42.9 Å². The van der Waals surface area contributed by atoms with Gasteiger partial charge in [-0.15, -0.1) is 24.0 Å². The van der Waals surface area contributed by atoms with Gasteiger partial charge in [0.1, 0.15) is 5.82 Å². The van der Waals surface area contributed by atoms with Gasteiger partial charge in [0, 0.05) is 38.6 Å². The minimum Gasteiger partial charge on any atom is -0.356 e. The van der Waals surface area contributed by atoms with Crippen molar-refractivity contribution in [2.45, 2.75) is 31.1 Å². The average molecular weight is 503 g/mol. The zero-order chi connectivity index (χ0) is 19.1. The van der Waals surface area contributed by atoms with Crippen LogP contribution in [-0.4, -0.2) is 75.7 Å². The molecule has 2 aliphatic rings. The lowest BCUT2D eigenvalue weighted by Crippen LogP contribution is -2.42. The molecule has 0 bridgehead atoms. The van der Waals surface area contributed by atoms with E-state index in [2.05, 4.69) is 32.5 Å². The molecule has 0 unspecified atom stereocenters. The highest BCUT2D eigenvalue weighted by Crippen LogP contribution is 2.47. The first kappa shape index (κ1) is 23.3. The van der Waals surface area contributed by atoms with Crippen LogP contribution in [0.3, 0.4) is 0 Å². The predicted molar refractivity (Wildman–Crippen MR) is 125 cm³/mol. The van der Waals surface area contributed by atoms with Crippen molar-refractivity contribution < 1.29 is 4.39 Å². The van der Waals surface area contributed by atoms with E-state index in [1.807, 2.05) is 13.1 Å². The lowest BCUT2D eigenvalue weighted by atomic mass is 9.96. The zero-order valence-electron chi connectivity index (χ0n) is 17.2. The standard InChI is InChI=1S/C21H34FN5.HI/c1-23-20(24-10-4-12-27-13-5-11-26(2)14-15-27)25-17-21(8-9-21)18-6-3-7-19(22)16-18;/h3,6-7,16H,4-5,8-15,17H2,1-2H3,(H2,23,24,25);1H. The zero-order valence-corrected chi connectivity index (χ0v) is 19.5. The van der Waals surface area contributed by atoms with Gasteiger partial charge in [-0.25, -0.2) is 4.39 Å². The summed E-state index contributed by atoms with van der Waals surface area (Å²) in [5.74, 6) is 0.689. The van der Waals surface area contributed by atoms with Crippen molar-refractivity contribution in [1.29, 1.82) is 0 Å². The maximum Gasteiger partial charge on any atom is 0.191 e. The minimum atomic E-state index is -0.152. The van der Waals surface area contributed by atoms with Crippen LogP contribution in [-0.2, 0) is 5.41 Å². The normalized spacial score (nSPS) is 20.2. The van der Waals surface area contributed by atoms with E-state index in [-0.39, 0.29) is 35.2 Å². The molecule has 2 N–H and O–H groups in total. The van der Waals surface area contributed by atoms with Crippen molar-refractivity contribution in [2.24, 2.45) is 4.99 Å². The summed E-state index contributed by atoms with van der Waals surface area (Å²) in [6.07, 6.45) is 4.57. The molecule has 7 heteroatoms. The van der Waals surface area contributed by atoms with Crippen molar-refractivity contribution in [3.8, 4) is 0 Å². The Balaban J connectivity index is 0.00000280. The Morgan fingerprint density at radius 3 is 2.71 bits per heavy atom. The molecule has 1 saturated carbocycles. The van der Waals surface area contributed by atoms with E-state index >= 15 is 0 Å². The van der Waals surface area contributed by atoms with E-state index in [0.717, 1.165) is 50.4 Å². The Morgan fingerprint density at radius 1 is 1.18 bits per heavy atom. The number of aliphatic imine (C=N–C) groups is 1. The van der Waals surface area contributed by atoms with Gasteiger partial charge in [0.2, 0.25) is 0 Å². The number of likely N-dealkylation sites (N-methyl/N-ethyl adjacent to an activating group) is 1. The van der Waals surface area contributed by atoms with E-state index < -0.39 is 0 Å². The van der Waals surface area contributed by atoms with E-state index in [0.29, 0.717) is 0 Å². The number of guanidine groups is 1. The molecule has 2 fully saturated rings. The Hall–Kier alpha value is -0.930. The van der Waals surface area contributed by atoms with E-state index in [1.165, 1.54) is 38.7 Å². The Labute approximate surface area is 186 Å². The molecule has 1 heterocycles. The van der Waals surface area contributed by atoms with Crippen LogP contribution in [0.25, 0.3) is 0 Å². The summed E-state index contributed by atoms with van der Waals surface area (Å²) in [5.41, 5.74) is 1.16. The van der Waals surface area contributed by atoms with Crippen LogP contribution in [0, 0.1) is 5.82 Å². The van der Waals surface area contributed by atoms with Gasteiger partial charge < -0.3 is 20.4 Å². The number of benzene rings is 1. The Bertz CT molecular complexity index is 635. The molecule has 1 aliphatic carbocycles. The SMILES string of the molecule is CN=C(NCCCN1CCCN(C)CC1)NCC1(c2cccc(F)c2)CC1.I. The number of hydrogen-bond donors (Lipinski definition) is 2. The molecule has 1 aliphatic heterocycles. The van der Waals surface area contributed by atoms with Crippen LogP contribution in [0.5, 0.6) is 0 Å². The molecule has 28 heavy (non-hydrogen) atoms. The lowest BCUT2D eigenvalue weighted by molar-refractivity contribution is 0.274. The van der Waals surface area contributed by atoms with Crippen molar-refractivity contribution in [2.75, 3.05) is 59.9 Å². The molecule has 1 saturated heterocycles. The largest absolute Gasteiger partial charge is 0.356 e. The lowest BCUT2D eigenvalue weighted by Gasteiger charge is -2.21. The second kappa shape index (κ2) is 11.3. The molecule has 3 rings (SSSR count). The molecular formula is C21H35FIN5. The quantitative estimate of drug-likeness (QED) is 0.260. The number of nitrogens with zero attached hydrogens (tertiary/aromatic N) is 3. The molecule has 0 aromatic heterocycles. The van der Waals surface area contributed by atoms with Gasteiger partial charge in [-0.3, -0.25) is 4.99 Å². The number of nitrogens with one attached hydrogen (secondary N) is 2. The van der Waals surface area contributed by atoms with Gasteiger partial charge in [0.05, 0.1) is 0 Å². The van der Waals surface area contributed by atoms with E-state index in [4.69, 9.17) is 0 Å². The third-order valence-electron chi connectivity index (χ3n) is 5.86. The summed E-state index contributed by atoms with van der Waals surface area (Å²) in [7, 11) is 4.01. The van der Waals surface area contributed by atoms with Gasteiger partial charge in [-0.1, -0.05) is 12.1 Å². The second-order valence-electron chi connectivity index (χ2n) is 8.00. The molecule has 0 spiro atoms. The van der Waals surface area contributed by atoms with Crippen LogP contribution in [0.1, 0.15) is 31.2 Å². The monoisotopic (exact) mass is 503 g/mol. The van der Waals surface area contributed by atoms with E-state index in [1.54, 1.807) is 12.1 Å². The van der Waals surface area contributed by atoms with Gasteiger partial charge in [0.15, 0.2) is 5.96 Å². The van der Waals surface area contributed by atoms with Crippen molar-refractivity contribution in [3.63, 3.8) is 0 Å². The fraction of sp³-hybridized carbons (Fsp3) is 0.667. The van der Waals surface area contributed by atoms with Crippen molar-refractivity contribution in [3.05, 3.63) is 35.6 Å². The second-order valence-corrected chi connectivity index (χ2v) is 8.00. The number of hydrogen-bond acceptors (Lipinski definition) is 3. The first-order valence-electron chi connectivity index (χ1n) is 10.2. The molecule has 1 aromatic rings. The molecule has 0 radical (unpaired) electrons. The molecule has 0 atom stereocenters. The smallest absolute Gasteiger partial charge is 0.191 e. The maximum absolute atomic E-state index is 13.5. The fourth-order valence-corrected chi connectivity index (χ4v) is 3.84. The van der Waals surface area contributed by atoms with Crippen LogP contribution < -0.4 is 10.6 Å². The third kappa shape index (κ3) is 6.84. The molecule has 158 valence electrons. The van der Waals surface area contributed by atoms with Crippen LogP contribution in [0.15, 0.2) is 29.3 Å². The Morgan fingerprint density at radius 2 is 2.00 bits per heavy atom. The minimum absolute atomic E-state index is 0. The molecular weight excluding hydrogens is 468 g/mol. The summed E-state index contributed by atoms with van der Waals surface area (Å²) < 4.78 is 13.5. The van der Waals surface area contributed by atoms with E-state index in [9.17, 15) is 4.39 Å². The van der Waals surface area contributed by atoms with Crippen LogP contribution in [0.4, 0.5) is 4.39 Å². The highest BCUT2D eigenvalue weighted by atomic mass is 127. The maximum atomic E-state index is 13.5. The first-order valence-corrected chi connectivity index (χ1v) is 10.2. The summed E-state index contributed by atoms with van der Waals surface area (Å²) in [4.78, 5) is 9.31. The Kier molecular flexibility index (Phi) is 9.43. The highest BCUT2D eigenvalue weighted by Gasteiger charge is 2.44. The summed E-state index contributed by atoms with van der Waals surface area (Å²) in [6.45, 7) is 7.59. The average Bonchev–Trinajstić information content (AvgIpc) is 3.47. The van der Waals surface area contributed by atoms with Crippen molar-refractivity contribution in [1.82, 2.24) is 20.4 Å². The van der Waals surface area contributed by atoms with Gasteiger partial charge in [-0.2, -0.15) is 0 Å². The fourth-order valence-electron chi connectivity index (χ4n) is 3.84. The molecule has 1 aromatic carbocycles. The van der Waals surface area contributed by atoms with Gasteiger partial charge in [0.25, 0.3) is 0 Å². The van der Waals surface area contributed by atoms with Crippen LogP contribution in [0.2, 0.25) is 0 Å². The predicted octanol–water partition coefficient (Wildman–Crippen LogP) is 2.67. The first-order chi connectivity index (χ1) is 13.1. The summed E-state index contributed by atoms with van der Waals surface area (Å²) in [6, 6.07) is 7.02. The number of rotatable bonds is 7. The number of halogens is 2. The van der Waals surface area contributed by atoms with Gasteiger partial charge in [-0.05, 0) is 70.1 Å². The summed E-state index contributed by atoms with van der Waals surface area (Å²) in [5, 5.41) is 6.86. The van der Waals surface area contributed by atoms with Crippen LogP contribution >= 0.6 is 24.0 Å². The van der Waals surface area contributed by atoms with Gasteiger partial charge >= 0.3 is 0 Å². The third-order valence-corrected chi connectivity index (χ3v) is 5.86.